The van der Waals surface area contributed by atoms with Gasteiger partial charge in [0.15, 0.2) is 0 Å². The summed E-state index contributed by atoms with van der Waals surface area (Å²) in [6.45, 7) is 4.03. The van der Waals surface area contributed by atoms with E-state index in [1.54, 1.807) is 17.0 Å². The number of hydrogen-bond donors (Lipinski definition) is 0. The number of amides is 1. The Bertz CT molecular complexity index is 708. The third-order valence-electron chi connectivity index (χ3n) is 4.61. The molecule has 0 aromatic heterocycles. The molecule has 108 valence electrons. The number of carbonyl (C=O) groups is 1. The van der Waals surface area contributed by atoms with Gasteiger partial charge in [-0.05, 0) is 54.3 Å². The number of nitrogens with zero attached hydrogens (tertiary/aromatic N) is 1. The third kappa shape index (κ3) is 1.96. The van der Waals surface area contributed by atoms with Crippen LogP contribution in [-0.2, 0) is 10.2 Å². The van der Waals surface area contributed by atoms with Crippen molar-refractivity contribution >= 4 is 11.6 Å². The minimum atomic E-state index is -0.472. The summed E-state index contributed by atoms with van der Waals surface area (Å²) >= 11 is 0. The number of halogens is 1. The lowest BCUT2D eigenvalue weighted by Crippen LogP contribution is -2.35. The van der Waals surface area contributed by atoms with Crippen molar-refractivity contribution in [3.63, 3.8) is 0 Å². The SMILES string of the molecule is CC[C@@]1(C)C(=O)N(C)c2ccc(-c3ccc(F)cc3)cc21. The maximum absolute atomic E-state index is 13.1. The Morgan fingerprint density at radius 1 is 1.10 bits per heavy atom. The quantitative estimate of drug-likeness (QED) is 0.811. The minimum Gasteiger partial charge on any atom is -0.314 e. The zero-order valence-electron chi connectivity index (χ0n) is 12.5. The van der Waals surface area contributed by atoms with Gasteiger partial charge in [-0.2, -0.15) is 0 Å². The molecule has 3 heteroatoms. The average Bonchev–Trinajstić information content (AvgIpc) is 2.70. The van der Waals surface area contributed by atoms with E-state index in [0.717, 1.165) is 28.8 Å². The van der Waals surface area contributed by atoms with E-state index >= 15 is 0 Å². The van der Waals surface area contributed by atoms with E-state index in [1.165, 1.54) is 12.1 Å². The second-order valence-electron chi connectivity index (χ2n) is 5.79. The second kappa shape index (κ2) is 4.69. The molecule has 0 spiro atoms. The fraction of sp³-hybridized carbons (Fsp3) is 0.278. The molecule has 0 unspecified atom stereocenters. The maximum atomic E-state index is 13.1. The van der Waals surface area contributed by atoms with E-state index in [1.807, 2.05) is 33.0 Å². The normalized spacial score (nSPS) is 20.8. The molecule has 0 bridgehead atoms. The summed E-state index contributed by atoms with van der Waals surface area (Å²) in [6, 6.07) is 12.5. The van der Waals surface area contributed by atoms with Crippen LogP contribution in [0.4, 0.5) is 10.1 Å². The molecule has 1 heterocycles. The molecule has 0 aliphatic carbocycles. The average molecular weight is 283 g/mol. The molecule has 1 amide bonds. The highest BCUT2D eigenvalue weighted by Gasteiger charge is 2.44. The Kier molecular flexibility index (Phi) is 3.08. The van der Waals surface area contributed by atoms with Gasteiger partial charge in [0.2, 0.25) is 5.91 Å². The first kappa shape index (κ1) is 13.8. The summed E-state index contributed by atoms with van der Waals surface area (Å²) < 4.78 is 13.1. The molecule has 1 aliphatic heterocycles. The predicted molar refractivity (Wildman–Crippen MR) is 82.9 cm³/mol. The van der Waals surface area contributed by atoms with Crippen molar-refractivity contribution in [2.24, 2.45) is 0 Å². The first-order valence-corrected chi connectivity index (χ1v) is 7.16. The van der Waals surface area contributed by atoms with E-state index < -0.39 is 5.41 Å². The van der Waals surface area contributed by atoms with E-state index in [0.29, 0.717) is 0 Å². The molecular weight excluding hydrogens is 265 g/mol. The van der Waals surface area contributed by atoms with Crippen LogP contribution in [-0.4, -0.2) is 13.0 Å². The molecule has 21 heavy (non-hydrogen) atoms. The number of likely N-dealkylation sites (N-methyl/N-ethyl adjacent to an activating group) is 1. The van der Waals surface area contributed by atoms with E-state index in [9.17, 15) is 9.18 Å². The fourth-order valence-electron chi connectivity index (χ4n) is 3.03. The van der Waals surface area contributed by atoms with Crippen LogP contribution in [0.2, 0.25) is 0 Å². The Hall–Kier alpha value is -2.16. The first-order valence-electron chi connectivity index (χ1n) is 7.16. The molecule has 0 N–H and O–H groups in total. The summed E-state index contributed by atoms with van der Waals surface area (Å²) in [6.07, 6.45) is 0.760. The fourth-order valence-corrected chi connectivity index (χ4v) is 3.03. The van der Waals surface area contributed by atoms with Gasteiger partial charge in [0.25, 0.3) is 0 Å². The molecule has 1 aliphatic rings. The highest BCUT2D eigenvalue weighted by molar-refractivity contribution is 6.07. The van der Waals surface area contributed by atoms with Crippen molar-refractivity contribution < 1.29 is 9.18 Å². The van der Waals surface area contributed by atoms with Crippen molar-refractivity contribution in [2.75, 3.05) is 11.9 Å². The molecule has 0 saturated carbocycles. The van der Waals surface area contributed by atoms with Gasteiger partial charge in [0.05, 0.1) is 5.41 Å². The standard InChI is InChI=1S/C18H18FNO/c1-4-18(2)15-11-13(12-5-8-14(19)9-6-12)7-10-16(15)20(3)17(18)21/h5-11H,4H2,1-3H3/t18-/m1/s1. The van der Waals surface area contributed by atoms with Gasteiger partial charge >= 0.3 is 0 Å². The van der Waals surface area contributed by atoms with Gasteiger partial charge in [-0.25, -0.2) is 4.39 Å². The van der Waals surface area contributed by atoms with Crippen molar-refractivity contribution in [3.05, 3.63) is 53.8 Å². The van der Waals surface area contributed by atoms with Crippen LogP contribution in [0.25, 0.3) is 11.1 Å². The molecule has 1 atom stereocenters. The number of fused-ring (bicyclic) bond motifs is 1. The third-order valence-corrected chi connectivity index (χ3v) is 4.61. The topological polar surface area (TPSA) is 20.3 Å². The van der Waals surface area contributed by atoms with Gasteiger partial charge in [0.1, 0.15) is 5.82 Å². The maximum Gasteiger partial charge on any atom is 0.237 e. The van der Waals surface area contributed by atoms with Crippen LogP contribution in [0.5, 0.6) is 0 Å². The van der Waals surface area contributed by atoms with Crippen LogP contribution in [0.1, 0.15) is 25.8 Å². The monoisotopic (exact) mass is 283 g/mol. The van der Waals surface area contributed by atoms with E-state index in [2.05, 4.69) is 6.07 Å². The molecule has 0 radical (unpaired) electrons. The summed E-state index contributed by atoms with van der Waals surface area (Å²) in [5.74, 6) is -0.107. The summed E-state index contributed by atoms with van der Waals surface area (Å²) in [5.41, 5.74) is 3.52. The molecule has 0 fully saturated rings. The molecule has 3 rings (SSSR count). The lowest BCUT2D eigenvalue weighted by Gasteiger charge is -2.21. The molecule has 2 aromatic rings. The lowest BCUT2D eigenvalue weighted by molar-refractivity contribution is -0.122. The van der Waals surface area contributed by atoms with Crippen LogP contribution in [0, 0.1) is 5.82 Å². The van der Waals surface area contributed by atoms with Crippen molar-refractivity contribution in [2.45, 2.75) is 25.7 Å². The van der Waals surface area contributed by atoms with Gasteiger partial charge in [-0.15, -0.1) is 0 Å². The van der Waals surface area contributed by atoms with Gasteiger partial charge in [-0.3, -0.25) is 4.79 Å². The number of rotatable bonds is 2. The number of carbonyl (C=O) groups excluding carboxylic acids is 1. The van der Waals surface area contributed by atoms with Crippen LogP contribution >= 0.6 is 0 Å². The van der Waals surface area contributed by atoms with E-state index in [-0.39, 0.29) is 11.7 Å². The Labute approximate surface area is 124 Å². The summed E-state index contributed by atoms with van der Waals surface area (Å²) in [5, 5.41) is 0. The van der Waals surface area contributed by atoms with Crippen LogP contribution < -0.4 is 4.90 Å². The van der Waals surface area contributed by atoms with Crippen molar-refractivity contribution in [3.8, 4) is 11.1 Å². The Morgan fingerprint density at radius 3 is 2.33 bits per heavy atom. The first-order chi connectivity index (χ1) is 9.97. The van der Waals surface area contributed by atoms with Crippen molar-refractivity contribution in [1.82, 2.24) is 0 Å². The van der Waals surface area contributed by atoms with E-state index in [4.69, 9.17) is 0 Å². The largest absolute Gasteiger partial charge is 0.314 e. The smallest absolute Gasteiger partial charge is 0.237 e. The predicted octanol–water partition coefficient (Wildman–Crippen LogP) is 4.14. The number of hydrogen-bond acceptors (Lipinski definition) is 1. The van der Waals surface area contributed by atoms with Gasteiger partial charge in [-0.1, -0.05) is 25.1 Å². The number of benzene rings is 2. The zero-order chi connectivity index (χ0) is 15.2. The van der Waals surface area contributed by atoms with Gasteiger partial charge < -0.3 is 4.90 Å². The number of anilines is 1. The Balaban J connectivity index is 2.14. The van der Waals surface area contributed by atoms with Crippen LogP contribution in [0.15, 0.2) is 42.5 Å². The van der Waals surface area contributed by atoms with Crippen LogP contribution in [0.3, 0.4) is 0 Å². The molecule has 2 aromatic carbocycles. The summed E-state index contributed by atoms with van der Waals surface area (Å²) in [4.78, 5) is 14.2. The molecule has 0 saturated heterocycles. The molecular formula is C18H18FNO. The minimum absolute atomic E-state index is 0.135. The zero-order valence-corrected chi connectivity index (χ0v) is 12.5. The lowest BCUT2D eigenvalue weighted by atomic mass is 9.80. The van der Waals surface area contributed by atoms with Gasteiger partial charge in [0, 0.05) is 12.7 Å². The Morgan fingerprint density at radius 2 is 1.71 bits per heavy atom. The second-order valence-corrected chi connectivity index (χ2v) is 5.79. The highest BCUT2D eigenvalue weighted by Crippen LogP contribution is 2.44. The summed E-state index contributed by atoms with van der Waals surface area (Å²) in [7, 11) is 1.82. The molecule has 2 nitrogen and oxygen atoms in total. The highest BCUT2D eigenvalue weighted by atomic mass is 19.1. The van der Waals surface area contributed by atoms with Crippen molar-refractivity contribution in [1.29, 1.82) is 0 Å².